The summed E-state index contributed by atoms with van der Waals surface area (Å²) >= 11 is 41.4. The molecule has 0 unspecified atom stereocenters. The molecule has 670 valence electrons. The molecule has 0 spiro atoms. The van der Waals surface area contributed by atoms with E-state index in [0.29, 0.717) is 180 Å². The van der Waals surface area contributed by atoms with Gasteiger partial charge in [-0.3, -0.25) is 14.8 Å². The third kappa shape index (κ3) is 30.0. The van der Waals surface area contributed by atoms with Crippen LogP contribution in [0.3, 0.4) is 0 Å². The molecule has 0 fully saturated rings. The minimum Gasteiger partial charge on any atom is -0.378 e. The molecule has 3 aliphatic rings. The molecule has 3 aliphatic heterocycles. The molecule has 30 nitrogen and oxygen atoms in total. The number of halogens is 7. The molecular weight excluding hydrogens is 1880 g/mol. The molecular formula is C83H106Cl6IN15O15S3. The summed E-state index contributed by atoms with van der Waals surface area (Å²) in [5, 5.41) is 26.9. The summed E-state index contributed by atoms with van der Waals surface area (Å²) in [6, 6.07) is 31.8. The van der Waals surface area contributed by atoms with Crippen LogP contribution in [0.1, 0.15) is 86.1 Å². The maximum atomic E-state index is 13.5. The summed E-state index contributed by atoms with van der Waals surface area (Å²) in [5.41, 5.74) is 11.0. The molecule has 0 radical (unpaired) electrons. The van der Waals surface area contributed by atoms with Crippen molar-refractivity contribution in [2.75, 3.05) is 190 Å². The number of benzene rings is 6. The second-order valence-electron chi connectivity index (χ2n) is 29.8. The van der Waals surface area contributed by atoms with Crippen molar-refractivity contribution in [2.45, 2.75) is 85.2 Å². The maximum Gasteiger partial charge on any atom is 0.240 e. The molecule has 6 aromatic carbocycles. The van der Waals surface area contributed by atoms with Gasteiger partial charge in [-0.1, -0.05) is 139 Å². The van der Waals surface area contributed by atoms with E-state index in [1.165, 1.54) is 0 Å². The van der Waals surface area contributed by atoms with Crippen molar-refractivity contribution >= 4 is 129 Å². The average molecular weight is 1990 g/mol. The van der Waals surface area contributed by atoms with Gasteiger partial charge in [0.15, 0.2) is 0 Å². The first-order chi connectivity index (χ1) is 59.3. The lowest BCUT2D eigenvalue weighted by atomic mass is 9.85. The third-order valence-electron chi connectivity index (χ3n) is 20.6. The Morgan fingerprint density at radius 2 is 0.911 bits per heavy atom. The van der Waals surface area contributed by atoms with Gasteiger partial charge in [0.05, 0.1) is 175 Å². The number of nitrogens with zero attached hydrogens (tertiary/aromatic N) is 12. The topological polar surface area (TPSA) is 312 Å². The fraction of sp³-hybridized carbons (Fsp3) is 0.482. The van der Waals surface area contributed by atoms with E-state index >= 15 is 0 Å². The molecule has 2 aromatic heterocycles. The molecule has 3 N–H and O–H groups in total. The normalized spacial score (nSPS) is 16.2. The first-order valence-electron chi connectivity index (χ1n) is 40.3. The summed E-state index contributed by atoms with van der Waals surface area (Å²) in [6.45, 7) is 17.7. The zero-order chi connectivity index (χ0) is 87.3. The predicted octanol–water partition coefficient (Wildman–Crippen LogP) is 11.2. The van der Waals surface area contributed by atoms with E-state index in [9.17, 15) is 25.3 Å². The lowest BCUT2D eigenvalue weighted by molar-refractivity contribution is 0.0133. The number of nitrogens with one attached hydrogen (secondary N) is 3. The van der Waals surface area contributed by atoms with E-state index in [4.69, 9.17) is 112 Å². The Kier molecular flexibility index (Phi) is 39.3. The number of hydrogen-bond acceptors (Lipinski definition) is 25. The lowest BCUT2D eigenvalue weighted by Gasteiger charge is -2.34. The number of hydrogen-bond donors (Lipinski definition) is 3. The van der Waals surface area contributed by atoms with Crippen LogP contribution in [-0.2, 0) is 119 Å². The Bertz CT molecular complexity index is 5150. The molecule has 3 atom stereocenters. The Labute approximate surface area is 764 Å². The molecule has 0 bridgehead atoms. The van der Waals surface area contributed by atoms with E-state index in [1.54, 1.807) is 93.4 Å². The predicted molar refractivity (Wildman–Crippen MR) is 483 cm³/mol. The Morgan fingerprint density at radius 1 is 0.512 bits per heavy atom. The molecule has 40 heteroatoms. The summed E-state index contributed by atoms with van der Waals surface area (Å²) < 4.78 is 145. The van der Waals surface area contributed by atoms with E-state index in [1.807, 2.05) is 69.8 Å². The van der Waals surface area contributed by atoms with Gasteiger partial charge in [-0.15, -0.1) is 10.2 Å². The second kappa shape index (κ2) is 49.3. The summed E-state index contributed by atoms with van der Waals surface area (Å²) in [6.07, 6.45) is 5.51. The van der Waals surface area contributed by atoms with Crippen molar-refractivity contribution in [1.82, 2.24) is 68.8 Å². The SMILES string of the molecule is C=NN(/C=C(\C)CN(Cc1cn(CCOCCOCCOCCNS(=O)(=O)c2cccc([C@@H]3CN(C)Cc4c(Cl)cc(Cl)cc43)c2)nn1)Cc1cnnn1CCOCCOCCOCCNS(=O)(=O)c1cccc([C@@H]2CN(CI)Cc3c(Cl)cc(Cl)cc32)c1)CCOCCOCCOCCNS(=O)(=O)c1cccc([C@@H]2CN(C)Cc3c(Cl)cc(Cl)cc32)c1. The van der Waals surface area contributed by atoms with E-state index < -0.39 is 30.1 Å². The Morgan fingerprint density at radius 3 is 1.34 bits per heavy atom. The van der Waals surface area contributed by atoms with Gasteiger partial charge in [0, 0.05) is 146 Å². The summed E-state index contributed by atoms with van der Waals surface area (Å²) in [5.74, 6) is -0.338. The largest absolute Gasteiger partial charge is 0.378 e. The molecule has 0 amide bonds. The first kappa shape index (κ1) is 98.1. The number of fused-ring (bicyclic) bond motifs is 3. The number of likely N-dealkylation sites (N-methyl/N-ethyl adjacent to an activating group) is 2. The number of rotatable bonds is 54. The van der Waals surface area contributed by atoms with E-state index in [-0.39, 0.29) is 105 Å². The van der Waals surface area contributed by atoms with Crippen LogP contribution in [0.25, 0.3) is 0 Å². The smallest absolute Gasteiger partial charge is 0.240 e. The first-order valence-corrected chi connectivity index (χ1v) is 48.5. The Hall–Kier alpha value is -5.51. The van der Waals surface area contributed by atoms with Gasteiger partial charge in [-0.05, 0) is 149 Å². The lowest BCUT2D eigenvalue weighted by Crippen LogP contribution is -2.33. The van der Waals surface area contributed by atoms with Gasteiger partial charge in [-0.2, -0.15) is 5.10 Å². The molecule has 123 heavy (non-hydrogen) atoms. The van der Waals surface area contributed by atoms with Crippen LogP contribution in [0.5, 0.6) is 0 Å². The maximum absolute atomic E-state index is 13.5. The number of sulfonamides is 3. The van der Waals surface area contributed by atoms with Crippen molar-refractivity contribution in [1.29, 1.82) is 0 Å². The van der Waals surface area contributed by atoms with Gasteiger partial charge in [-0.25, -0.2) is 48.8 Å². The number of aromatic nitrogens is 6. The second-order valence-corrected chi connectivity index (χ2v) is 38.3. The standard InChI is InChI=1S/C83H106Cl6IN15O15S3/c1-60(49-103(91-2)17-23-115-29-35-118-32-26-112-20-14-93-121(106,107)69-11-5-8-61(38-69)75-53-99(3)55-78-72(75)41-64(84)44-81(78)87)48-101(50-67-51-104(98-96-67)18-24-116-30-36-119-33-27-113-21-15-94-122(108,109)70-12-6-9-62(39-70)76-54-100(4)56-79-73(76)42-65(85)45-82(79)88)52-68-47-92-97-105(68)19-25-117-31-37-120-34-28-114-22-16-95-123(110,111)71-13-7-10-63(40-71)77-57-102(59-90)58-80-74(77)43-66(86)46-83(80)89/h5-13,38-47,49,51,75-77,93-95H,2,14-37,48,50,52-59H2,1,3-4H3/b60-49+/t75-,76-,77-/m0/s1. The van der Waals surface area contributed by atoms with E-state index in [2.05, 4.69) is 88.8 Å². The highest BCUT2D eigenvalue weighted by Gasteiger charge is 2.33. The fourth-order valence-electron chi connectivity index (χ4n) is 14.7. The fourth-order valence-corrected chi connectivity index (χ4v) is 20.2. The summed E-state index contributed by atoms with van der Waals surface area (Å²) in [7, 11) is -7.50. The third-order valence-corrected chi connectivity index (χ3v) is 27.6. The van der Waals surface area contributed by atoms with Gasteiger partial charge in [0.25, 0.3) is 0 Å². The van der Waals surface area contributed by atoms with Crippen molar-refractivity contribution in [3.8, 4) is 0 Å². The minimum absolute atomic E-state index is 0.0714. The average Bonchev–Trinajstić information content (AvgIpc) is 1.37. The van der Waals surface area contributed by atoms with Crippen LogP contribution in [-0.4, -0.2) is 276 Å². The van der Waals surface area contributed by atoms with Crippen LogP contribution in [0.4, 0.5) is 0 Å². The van der Waals surface area contributed by atoms with Crippen molar-refractivity contribution < 1.29 is 67.9 Å². The van der Waals surface area contributed by atoms with Crippen LogP contribution in [0, 0.1) is 0 Å². The molecule has 11 rings (SSSR count). The summed E-state index contributed by atoms with van der Waals surface area (Å²) in [4.78, 5) is 9.24. The van der Waals surface area contributed by atoms with Crippen molar-refractivity contribution in [3.05, 3.63) is 225 Å². The van der Waals surface area contributed by atoms with Gasteiger partial charge >= 0.3 is 0 Å². The van der Waals surface area contributed by atoms with Gasteiger partial charge in [0.2, 0.25) is 30.1 Å². The number of hydrazone groups is 1. The highest BCUT2D eigenvalue weighted by atomic mass is 127. The van der Waals surface area contributed by atoms with Crippen LogP contribution >= 0.6 is 92.2 Å². The van der Waals surface area contributed by atoms with Gasteiger partial charge in [0.1, 0.15) is 0 Å². The molecule has 5 heterocycles. The quantitative estimate of drug-likeness (QED) is 0.00796. The highest BCUT2D eigenvalue weighted by Crippen LogP contribution is 2.43. The van der Waals surface area contributed by atoms with Gasteiger partial charge < -0.3 is 52.4 Å². The van der Waals surface area contributed by atoms with Crippen LogP contribution in [0.2, 0.25) is 30.1 Å². The van der Waals surface area contributed by atoms with Crippen molar-refractivity contribution in [3.63, 3.8) is 0 Å². The monoisotopic (exact) mass is 1990 g/mol. The molecule has 8 aromatic rings. The highest BCUT2D eigenvalue weighted by molar-refractivity contribution is 14.1. The number of alkyl halides is 1. The molecule has 0 saturated heterocycles. The minimum atomic E-state index is -3.84. The molecule has 0 saturated carbocycles. The van der Waals surface area contributed by atoms with Crippen LogP contribution in [0.15, 0.2) is 153 Å². The Balaban J connectivity index is 0.578. The molecule has 0 aliphatic carbocycles. The van der Waals surface area contributed by atoms with E-state index in [0.717, 1.165) is 65.9 Å². The van der Waals surface area contributed by atoms with Crippen LogP contribution < -0.4 is 14.2 Å². The zero-order valence-electron chi connectivity index (χ0n) is 69.0. The van der Waals surface area contributed by atoms with Crippen molar-refractivity contribution in [2.24, 2.45) is 5.10 Å². The number of ether oxygens (including phenoxy) is 9. The zero-order valence-corrected chi connectivity index (χ0v) is 78.1.